The first kappa shape index (κ1) is 19.0. The molecule has 1 fully saturated rings. The predicted molar refractivity (Wildman–Crippen MR) is 95.9 cm³/mol. The SMILES string of the molecule is CCCCCCCCCCCCCCC[C@H]1CC[C@@H](C)N1. The lowest BCUT2D eigenvalue weighted by Gasteiger charge is -2.11. The fourth-order valence-corrected chi connectivity index (χ4v) is 3.66. The molecule has 0 aliphatic carbocycles. The van der Waals surface area contributed by atoms with E-state index in [2.05, 4.69) is 19.2 Å². The van der Waals surface area contributed by atoms with E-state index in [0.29, 0.717) is 0 Å². The molecule has 0 spiro atoms. The Morgan fingerprint density at radius 3 is 1.57 bits per heavy atom. The molecule has 0 unspecified atom stereocenters. The molecule has 0 amide bonds. The van der Waals surface area contributed by atoms with Gasteiger partial charge < -0.3 is 5.32 Å². The van der Waals surface area contributed by atoms with Crippen molar-refractivity contribution in [2.75, 3.05) is 0 Å². The summed E-state index contributed by atoms with van der Waals surface area (Å²) < 4.78 is 0. The Labute approximate surface area is 134 Å². The highest BCUT2D eigenvalue weighted by Gasteiger charge is 2.18. The zero-order valence-electron chi connectivity index (χ0n) is 15.0. The summed E-state index contributed by atoms with van der Waals surface area (Å²) in [6.45, 7) is 4.62. The summed E-state index contributed by atoms with van der Waals surface area (Å²) in [4.78, 5) is 0. The van der Waals surface area contributed by atoms with E-state index >= 15 is 0 Å². The van der Waals surface area contributed by atoms with E-state index in [1.807, 2.05) is 0 Å². The third-order valence-electron chi connectivity index (χ3n) is 5.12. The van der Waals surface area contributed by atoms with E-state index in [4.69, 9.17) is 0 Å². The lowest BCUT2D eigenvalue weighted by Crippen LogP contribution is -2.26. The van der Waals surface area contributed by atoms with Gasteiger partial charge in [-0.25, -0.2) is 0 Å². The van der Waals surface area contributed by atoms with Crippen molar-refractivity contribution in [3.63, 3.8) is 0 Å². The molecule has 1 nitrogen and oxygen atoms in total. The van der Waals surface area contributed by atoms with Gasteiger partial charge in [0.2, 0.25) is 0 Å². The van der Waals surface area contributed by atoms with Gasteiger partial charge in [0, 0.05) is 12.1 Å². The summed E-state index contributed by atoms with van der Waals surface area (Å²) in [5.74, 6) is 0. The first-order chi connectivity index (χ1) is 10.3. The summed E-state index contributed by atoms with van der Waals surface area (Å²) in [6.07, 6.45) is 23.2. The topological polar surface area (TPSA) is 12.0 Å². The Hall–Kier alpha value is -0.0400. The summed E-state index contributed by atoms with van der Waals surface area (Å²) in [6, 6.07) is 1.62. The second-order valence-electron chi connectivity index (χ2n) is 7.37. The summed E-state index contributed by atoms with van der Waals surface area (Å²) in [7, 11) is 0. The molecule has 0 radical (unpaired) electrons. The van der Waals surface area contributed by atoms with Crippen molar-refractivity contribution in [2.45, 2.75) is 129 Å². The Morgan fingerprint density at radius 2 is 1.14 bits per heavy atom. The van der Waals surface area contributed by atoms with Gasteiger partial charge in [0.05, 0.1) is 0 Å². The van der Waals surface area contributed by atoms with Gasteiger partial charge >= 0.3 is 0 Å². The number of unbranched alkanes of at least 4 members (excludes halogenated alkanes) is 12. The highest BCUT2D eigenvalue weighted by Crippen LogP contribution is 2.18. The van der Waals surface area contributed by atoms with Gasteiger partial charge in [0.25, 0.3) is 0 Å². The molecule has 1 saturated heterocycles. The van der Waals surface area contributed by atoms with E-state index < -0.39 is 0 Å². The van der Waals surface area contributed by atoms with Crippen molar-refractivity contribution in [1.82, 2.24) is 5.32 Å². The maximum Gasteiger partial charge on any atom is 0.00701 e. The molecule has 1 N–H and O–H groups in total. The van der Waals surface area contributed by atoms with E-state index in [-0.39, 0.29) is 0 Å². The fourth-order valence-electron chi connectivity index (χ4n) is 3.66. The van der Waals surface area contributed by atoms with Crippen LogP contribution in [0.3, 0.4) is 0 Å². The van der Waals surface area contributed by atoms with Crippen molar-refractivity contribution in [2.24, 2.45) is 0 Å². The van der Waals surface area contributed by atoms with Crippen molar-refractivity contribution in [3.8, 4) is 0 Å². The van der Waals surface area contributed by atoms with Gasteiger partial charge in [-0.1, -0.05) is 90.4 Å². The standard InChI is InChI=1S/C20H41N/c1-3-4-5-6-7-8-9-10-11-12-13-14-15-16-20-18-17-19(2)21-20/h19-21H,3-18H2,1-2H3/t19-,20+/m1/s1. The van der Waals surface area contributed by atoms with Crippen LogP contribution in [0.2, 0.25) is 0 Å². The number of rotatable bonds is 14. The summed E-state index contributed by atoms with van der Waals surface area (Å²) in [5, 5.41) is 3.70. The van der Waals surface area contributed by atoms with Crippen LogP contribution in [0.25, 0.3) is 0 Å². The van der Waals surface area contributed by atoms with E-state index in [9.17, 15) is 0 Å². The fraction of sp³-hybridized carbons (Fsp3) is 1.00. The molecule has 1 aliphatic heterocycles. The van der Waals surface area contributed by atoms with Crippen LogP contribution in [0.4, 0.5) is 0 Å². The average molecular weight is 296 g/mol. The van der Waals surface area contributed by atoms with Crippen LogP contribution in [0.1, 0.15) is 117 Å². The van der Waals surface area contributed by atoms with Gasteiger partial charge in [-0.3, -0.25) is 0 Å². The third kappa shape index (κ3) is 11.2. The molecular formula is C20H41N. The molecular weight excluding hydrogens is 254 g/mol. The molecule has 2 atom stereocenters. The third-order valence-corrected chi connectivity index (χ3v) is 5.12. The first-order valence-electron chi connectivity index (χ1n) is 10.1. The molecule has 0 saturated carbocycles. The first-order valence-corrected chi connectivity index (χ1v) is 10.1. The molecule has 1 aliphatic rings. The van der Waals surface area contributed by atoms with Crippen LogP contribution in [-0.2, 0) is 0 Å². The molecule has 126 valence electrons. The van der Waals surface area contributed by atoms with Gasteiger partial charge in [0.1, 0.15) is 0 Å². The number of hydrogen-bond donors (Lipinski definition) is 1. The molecule has 1 heteroatoms. The molecule has 0 aromatic rings. The zero-order chi connectivity index (χ0) is 15.2. The van der Waals surface area contributed by atoms with Gasteiger partial charge in [-0.15, -0.1) is 0 Å². The Morgan fingerprint density at radius 1 is 0.667 bits per heavy atom. The van der Waals surface area contributed by atoms with Crippen LogP contribution in [0, 0.1) is 0 Å². The molecule has 21 heavy (non-hydrogen) atoms. The molecule has 0 aromatic carbocycles. The second-order valence-corrected chi connectivity index (χ2v) is 7.37. The Bertz CT molecular complexity index is 214. The quantitative estimate of drug-likeness (QED) is 0.356. The summed E-state index contributed by atoms with van der Waals surface area (Å²) >= 11 is 0. The second kappa shape index (κ2) is 13.6. The molecule has 0 bridgehead atoms. The molecule has 0 aromatic heterocycles. The maximum atomic E-state index is 3.70. The van der Waals surface area contributed by atoms with Crippen molar-refractivity contribution in [3.05, 3.63) is 0 Å². The highest BCUT2D eigenvalue weighted by atomic mass is 15.0. The maximum absolute atomic E-state index is 3.70. The van der Waals surface area contributed by atoms with E-state index in [1.54, 1.807) is 0 Å². The lowest BCUT2D eigenvalue weighted by atomic mass is 10.0. The Balaban J connectivity index is 1.69. The minimum atomic E-state index is 0.775. The van der Waals surface area contributed by atoms with Crippen molar-refractivity contribution in [1.29, 1.82) is 0 Å². The average Bonchev–Trinajstić information content (AvgIpc) is 2.89. The van der Waals surface area contributed by atoms with Crippen LogP contribution >= 0.6 is 0 Å². The molecule has 1 heterocycles. The van der Waals surface area contributed by atoms with Crippen LogP contribution in [0.5, 0.6) is 0 Å². The van der Waals surface area contributed by atoms with Gasteiger partial charge in [-0.2, -0.15) is 0 Å². The zero-order valence-corrected chi connectivity index (χ0v) is 15.0. The van der Waals surface area contributed by atoms with Crippen LogP contribution in [-0.4, -0.2) is 12.1 Å². The number of nitrogens with one attached hydrogen (secondary N) is 1. The van der Waals surface area contributed by atoms with Crippen molar-refractivity contribution >= 4 is 0 Å². The van der Waals surface area contributed by atoms with Crippen LogP contribution in [0.15, 0.2) is 0 Å². The monoisotopic (exact) mass is 295 g/mol. The Kier molecular flexibility index (Phi) is 12.3. The highest BCUT2D eigenvalue weighted by molar-refractivity contribution is 4.80. The normalized spacial score (nSPS) is 22.0. The summed E-state index contributed by atoms with van der Waals surface area (Å²) in [5.41, 5.74) is 0. The number of hydrogen-bond acceptors (Lipinski definition) is 1. The molecule has 1 rings (SSSR count). The lowest BCUT2D eigenvalue weighted by molar-refractivity contribution is 0.483. The minimum absolute atomic E-state index is 0.775. The van der Waals surface area contributed by atoms with Gasteiger partial charge in [0.15, 0.2) is 0 Å². The minimum Gasteiger partial charge on any atom is -0.312 e. The van der Waals surface area contributed by atoms with Crippen molar-refractivity contribution < 1.29 is 0 Å². The smallest absolute Gasteiger partial charge is 0.00701 e. The van der Waals surface area contributed by atoms with Gasteiger partial charge in [-0.05, 0) is 26.2 Å². The predicted octanol–water partition coefficient (Wildman–Crippen LogP) is 6.61. The van der Waals surface area contributed by atoms with E-state index in [1.165, 1.54) is 103 Å². The van der Waals surface area contributed by atoms with Crippen LogP contribution < -0.4 is 5.32 Å². The largest absolute Gasteiger partial charge is 0.312 e. The van der Waals surface area contributed by atoms with E-state index in [0.717, 1.165) is 12.1 Å².